The molecule has 2 N–H and O–H groups in total. The van der Waals surface area contributed by atoms with Crippen molar-refractivity contribution in [2.75, 3.05) is 12.3 Å². The van der Waals surface area contributed by atoms with E-state index in [0.29, 0.717) is 16.9 Å². The maximum atomic E-state index is 13.2. The fourth-order valence-electron chi connectivity index (χ4n) is 3.50. The molecule has 3 rings (SSSR count). The van der Waals surface area contributed by atoms with Gasteiger partial charge >= 0.3 is 11.9 Å². The maximum Gasteiger partial charge on any atom is 0.336 e. The Morgan fingerprint density at radius 2 is 1.69 bits per heavy atom. The summed E-state index contributed by atoms with van der Waals surface area (Å²) in [4.78, 5) is 23.2. The molecule has 1 aliphatic rings. The molecular formula is C20H21NO6S2. The molecule has 0 spiro atoms. The third-order valence-electron chi connectivity index (χ3n) is 4.90. The summed E-state index contributed by atoms with van der Waals surface area (Å²) in [5.74, 6) is -1.76. The van der Waals surface area contributed by atoms with Crippen LogP contribution in [0.3, 0.4) is 0 Å². The Hall–Kier alpha value is -2.36. The number of carbonyl (C=O) groups is 2. The Morgan fingerprint density at radius 1 is 1.07 bits per heavy atom. The molecular weight excluding hydrogens is 414 g/mol. The van der Waals surface area contributed by atoms with Crippen LogP contribution in [0.15, 0.2) is 53.4 Å². The van der Waals surface area contributed by atoms with E-state index >= 15 is 0 Å². The van der Waals surface area contributed by atoms with E-state index < -0.39 is 32.8 Å². The monoisotopic (exact) mass is 435 g/mol. The average Bonchev–Trinajstić information content (AvgIpc) is 2.66. The number of rotatable bonds is 5. The predicted molar refractivity (Wildman–Crippen MR) is 111 cm³/mol. The zero-order valence-electron chi connectivity index (χ0n) is 15.9. The summed E-state index contributed by atoms with van der Waals surface area (Å²) in [5, 5.41) is 19.0. The lowest BCUT2D eigenvalue weighted by Crippen LogP contribution is -2.58. The molecule has 0 aromatic heterocycles. The van der Waals surface area contributed by atoms with Crippen LogP contribution in [0, 0.1) is 0 Å². The molecule has 1 atom stereocenters. The number of carboxylic acid groups (broad SMARTS) is 2. The van der Waals surface area contributed by atoms with Gasteiger partial charge in [-0.2, -0.15) is 16.1 Å². The quantitative estimate of drug-likeness (QED) is 0.742. The van der Waals surface area contributed by atoms with E-state index in [1.54, 1.807) is 32.0 Å². The summed E-state index contributed by atoms with van der Waals surface area (Å²) in [6, 6.07) is 11.1. The number of benzene rings is 2. The van der Waals surface area contributed by atoms with Gasteiger partial charge in [0, 0.05) is 17.0 Å². The molecule has 0 radical (unpaired) electrons. The fraction of sp³-hybridized carbons (Fsp3) is 0.300. The van der Waals surface area contributed by atoms with E-state index in [1.807, 2.05) is 0 Å². The molecule has 2 aromatic carbocycles. The molecule has 0 saturated carbocycles. The van der Waals surface area contributed by atoms with Crippen molar-refractivity contribution in [3.05, 3.63) is 54.1 Å². The van der Waals surface area contributed by atoms with Gasteiger partial charge in [0.05, 0.1) is 10.5 Å². The largest absolute Gasteiger partial charge is 0.480 e. The predicted octanol–water partition coefficient (Wildman–Crippen LogP) is 3.02. The Labute approximate surface area is 173 Å². The van der Waals surface area contributed by atoms with Gasteiger partial charge in [-0.3, -0.25) is 4.79 Å². The highest BCUT2D eigenvalue weighted by Gasteiger charge is 2.48. The molecule has 0 bridgehead atoms. The standard InChI is InChI=1S/C20H21NO6S2/c1-20(2)17(19(24)25)21(11-12-28-20)29(26,27)14-9-7-13(8-10-14)15-5-3-4-6-16(15)18(22)23/h3-10,17H,11-12H2,1-2H3,(H,22,23)(H,24,25). The molecule has 0 aliphatic carbocycles. The van der Waals surface area contributed by atoms with Gasteiger partial charge in [0.1, 0.15) is 6.04 Å². The third kappa shape index (κ3) is 4.03. The van der Waals surface area contributed by atoms with Crippen LogP contribution in [0.25, 0.3) is 11.1 Å². The highest BCUT2D eigenvalue weighted by Crippen LogP contribution is 2.38. The summed E-state index contributed by atoms with van der Waals surface area (Å²) in [5.41, 5.74) is 1.15. The second-order valence-electron chi connectivity index (χ2n) is 7.18. The number of aliphatic carboxylic acids is 1. The van der Waals surface area contributed by atoms with E-state index in [4.69, 9.17) is 0 Å². The van der Waals surface area contributed by atoms with Gasteiger partial charge in [0.25, 0.3) is 0 Å². The van der Waals surface area contributed by atoms with Gasteiger partial charge in [-0.1, -0.05) is 30.3 Å². The lowest BCUT2D eigenvalue weighted by molar-refractivity contribution is -0.142. The van der Waals surface area contributed by atoms with E-state index in [-0.39, 0.29) is 17.0 Å². The average molecular weight is 436 g/mol. The van der Waals surface area contributed by atoms with E-state index in [0.717, 1.165) is 4.31 Å². The molecule has 1 unspecified atom stereocenters. The zero-order valence-corrected chi connectivity index (χ0v) is 17.5. The number of sulfonamides is 1. The Bertz CT molecular complexity index is 1050. The summed E-state index contributed by atoms with van der Waals surface area (Å²) in [6.45, 7) is 3.56. The molecule has 1 aliphatic heterocycles. The van der Waals surface area contributed by atoms with Crippen molar-refractivity contribution in [2.45, 2.75) is 29.5 Å². The van der Waals surface area contributed by atoms with E-state index in [2.05, 4.69) is 0 Å². The fourth-order valence-corrected chi connectivity index (χ4v) is 6.59. The van der Waals surface area contributed by atoms with Crippen molar-refractivity contribution in [3.63, 3.8) is 0 Å². The molecule has 7 nitrogen and oxygen atoms in total. The Kier molecular flexibility index (Phi) is 5.75. The van der Waals surface area contributed by atoms with Crippen LogP contribution in [0.5, 0.6) is 0 Å². The molecule has 1 fully saturated rings. The minimum absolute atomic E-state index is 0.0250. The van der Waals surface area contributed by atoms with Gasteiger partial charge < -0.3 is 10.2 Å². The third-order valence-corrected chi connectivity index (χ3v) is 8.13. The van der Waals surface area contributed by atoms with Crippen LogP contribution in [0.4, 0.5) is 0 Å². The Balaban J connectivity index is 1.99. The second-order valence-corrected chi connectivity index (χ2v) is 10.8. The molecule has 1 saturated heterocycles. The highest BCUT2D eigenvalue weighted by atomic mass is 32.2. The van der Waals surface area contributed by atoms with Crippen LogP contribution in [0.2, 0.25) is 0 Å². The lowest BCUT2D eigenvalue weighted by atomic mass is 10.00. The van der Waals surface area contributed by atoms with Gasteiger partial charge in [0.2, 0.25) is 10.0 Å². The smallest absolute Gasteiger partial charge is 0.336 e. The van der Waals surface area contributed by atoms with Crippen molar-refractivity contribution in [3.8, 4) is 11.1 Å². The highest BCUT2D eigenvalue weighted by molar-refractivity contribution is 8.00. The first-order valence-corrected chi connectivity index (χ1v) is 11.3. The minimum Gasteiger partial charge on any atom is -0.480 e. The van der Waals surface area contributed by atoms with Gasteiger partial charge in [-0.25, -0.2) is 13.2 Å². The number of aromatic carboxylic acids is 1. The van der Waals surface area contributed by atoms with Crippen LogP contribution in [-0.4, -0.2) is 58.0 Å². The normalized spacial score (nSPS) is 19.6. The molecule has 0 amide bonds. The van der Waals surface area contributed by atoms with Crippen LogP contribution < -0.4 is 0 Å². The zero-order chi connectivity index (χ0) is 21.4. The van der Waals surface area contributed by atoms with Crippen molar-refractivity contribution in [1.29, 1.82) is 0 Å². The van der Waals surface area contributed by atoms with Crippen molar-refractivity contribution in [1.82, 2.24) is 4.31 Å². The molecule has 1 heterocycles. The van der Waals surface area contributed by atoms with Gasteiger partial charge in [0.15, 0.2) is 0 Å². The summed E-state index contributed by atoms with van der Waals surface area (Å²) >= 11 is 1.43. The SMILES string of the molecule is CC1(C)SCCN(S(=O)(=O)c2ccc(-c3ccccc3C(=O)O)cc2)C1C(=O)O. The molecule has 9 heteroatoms. The van der Waals surface area contributed by atoms with Crippen LogP contribution in [-0.2, 0) is 14.8 Å². The molecule has 154 valence electrons. The maximum absolute atomic E-state index is 13.2. The Morgan fingerprint density at radius 3 is 2.28 bits per heavy atom. The lowest BCUT2D eigenvalue weighted by Gasteiger charge is -2.42. The molecule has 29 heavy (non-hydrogen) atoms. The van der Waals surface area contributed by atoms with Crippen LogP contribution >= 0.6 is 11.8 Å². The second kappa shape index (κ2) is 7.81. The first-order chi connectivity index (χ1) is 13.6. The van der Waals surface area contributed by atoms with Crippen LogP contribution in [0.1, 0.15) is 24.2 Å². The topological polar surface area (TPSA) is 112 Å². The number of hydrogen-bond acceptors (Lipinski definition) is 5. The first kappa shape index (κ1) is 21.4. The summed E-state index contributed by atoms with van der Waals surface area (Å²) in [6.07, 6.45) is 0. The van der Waals surface area contributed by atoms with E-state index in [9.17, 15) is 28.2 Å². The van der Waals surface area contributed by atoms with E-state index in [1.165, 1.54) is 42.1 Å². The van der Waals surface area contributed by atoms with Crippen molar-refractivity contribution in [2.24, 2.45) is 0 Å². The summed E-state index contributed by atoms with van der Waals surface area (Å²) in [7, 11) is -4.03. The number of carboxylic acids is 2. The summed E-state index contributed by atoms with van der Waals surface area (Å²) < 4.78 is 26.6. The van der Waals surface area contributed by atoms with Gasteiger partial charge in [-0.05, 0) is 43.2 Å². The number of hydrogen-bond donors (Lipinski definition) is 2. The van der Waals surface area contributed by atoms with Gasteiger partial charge in [-0.15, -0.1) is 0 Å². The number of thioether (sulfide) groups is 1. The van der Waals surface area contributed by atoms with Crippen molar-refractivity contribution < 1.29 is 28.2 Å². The minimum atomic E-state index is -4.03. The molecule has 2 aromatic rings. The van der Waals surface area contributed by atoms with Crippen molar-refractivity contribution >= 4 is 33.7 Å². The first-order valence-electron chi connectivity index (χ1n) is 8.87. The number of nitrogens with zero attached hydrogens (tertiary/aromatic N) is 1.